The standard InChI is InChI=1S/C14H22N2O3S/c1-20-10-13(14(17)18)15-11-4-6-16(7-5-11)9-12-3-2-8-19-12/h2-3,8,11,13,15H,4-7,9-10H2,1H3,(H,17,18)/t13-/m0/s1. The molecule has 1 aromatic heterocycles. The van der Waals surface area contributed by atoms with E-state index in [0.29, 0.717) is 11.8 Å². The highest BCUT2D eigenvalue weighted by Crippen LogP contribution is 2.15. The van der Waals surface area contributed by atoms with Gasteiger partial charge in [-0.1, -0.05) is 0 Å². The predicted molar refractivity (Wildman–Crippen MR) is 79.9 cm³/mol. The molecule has 112 valence electrons. The van der Waals surface area contributed by atoms with Crippen LogP contribution in [0.25, 0.3) is 0 Å². The molecule has 0 saturated carbocycles. The van der Waals surface area contributed by atoms with Crippen molar-refractivity contribution in [3.05, 3.63) is 24.2 Å². The van der Waals surface area contributed by atoms with Gasteiger partial charge in [-0.05, 0) is 31.2 Å². The lowest BCUT2D eigenvalue weighted by Crippen LogP contribution is -2.49. The van der Waals surface area contributed by atoms with Crippen LogP contribution in [0.5, 0.6) is 0 Å². The van der Waals surface area contributed by atoms with E-state index in [0.717, 1.165) is 38.2 Å². The van der Waals surface area contributed by atoms with Crippen LogP contribution in [0, 0.1) is 0 Å². The summed E-state index contributed by atoms with van der Waals surface area (Å²) in [4.78, 5) is 13.5. The van der Waals surface area contributed by atoms with Crippen LogP contribution < -0.4 is 5.32 Å². The van der Waals surface area contributed by atoms with Gasteiger partial charge >= 0.3 is 5.97 Å². The normalized spacial score (nSPS) is 19.1. The van der Waals surface area contributed by atoms with Crippen molar-refractivity contribution in [2.45, 2.75) is 31.5 Å². The molecule has 5 nitrogen and oxygen atoms in total. The van der Waals surface area contributed by atoms with Gasteiger partial charge < -0.3 is 14.8 Å². The summed E-state index contributed by atoms with van der Waals surface area (Å²) in [7, 11) is 0. The number of piperidine rings is 1. The zero-order chi connectivity index (χ0) is 14.4. The average molecular weight is 298 g/mol. The third-order valence-corrected chi connectivity index (χ3v) is 4.28. The quantitative estimate of drug-likeness (QED) is 0.798. The molecular weight excluding hydrogens is 276 g/mol. The van der Waals surface area contributed by atoms with Crippen LogP contribution in [0.3, 0.4) is 0 Å². The molecule has 0 spiro atoms. The van der Waals surface area contributed by atoms with E-state index in [1.807, 2.05) is 18.4 Å². The van der Waals surface area contributed by atoms with Crippen molar-refractivity contribution in [1.82, 2.24) is 10.2 Å². The van der Waals surface area contributed by atoms with Gasteiger partial charge in [0.2, 0.25) is 0 Å². The molecule has 1 aromatic rings. The highest BCUT2D eigenvalue weighted by atomic mass is 32.2. The zero-order valence-electron chi connectivity index (χ0n) is 11.7. The van der Waals surface area contributed by atoms with Gasteiger partial charge in [0.1, 0.15) is 11.8 Å². The number of hydrogen-bond acceptors (Lipinski definition) is 5. The topological polar surface area (TPSA) is 65.7 Å². The van der Waals surface area contributed by atoms with Crippen LogP contribution in [0.2, 0.25) is 0 Å². The van der Waals surface area contributed by atoms with E-state index < -0.39 is 12.0 Å². The van der Waals surface area contributed by atoms with Gasteiger partial charge in [-0.2, -0.15) is 11.8 Å². The second kappa shape index (κ2) is 7.71. The number of nitrogens with one attached hydrogen (secondary N) is 1. The van der Waals surface area contributed by atoms with Crippen molar-refractivity contribution >= 4 is 17.7 Å². The maximum atomic E-state index is 11.1. The van der Waals surface area contributed by atoms with Crippen molar-refractivity contribution in [3.63, 3.8) is 0 Å². The Balaban J connectivity index is 1.74. The van der Waals surface area contributed by atoms with E-state index in [2.05, 4.69) is 10.2 Å². The Labute approximate surface area is 123 Å². The smallest absolute Gasteiger partial charge is 0.321 e. The molecule has 6 heteroatoms. The number of rotatable bonds is 7. The van der Waals surface area contributed by atoms with E-state index in [-0.39, 0.29) is 0 Å². The average Bonchev–Trinajstić information content (AvgIpc) is 2.93. The Hall–Kier alpha value is -0.980. The van der Waals surface area contributed by atoms with Gasteiger partial charge in [0.15, 0.2) is 0 Å². The van der Waals surface area contributed by atoms with Crippen LogP contribution in [0.15, 0.2) is 22.8 Å². The number of carboxylic acids is 1. The van der Waals surface area contributed by atoms with Crippen molar-refractivity contribution in [1.29, 1.82) is 0 Å². The summed E-state index contributed by atoms with van der Waals surface area (Å²) >= 11 is 1.56. The monoisotopic (exact) mass is 298 g/mol. The van der Waals surface area contributed by atoms with E-state index in [4.69, 9.17) is 9.52 Å². The van der Waals surface area contributed by atoms with Crippen LogP contribution in [0.1, 0.15) is 18.6 Å². The third kappa shape index (κ3) is 4.54. The number of aliphatic carboxylic acids is 1. The van der Waals surface area contributed by atoms with E-state index >= 15 is 0 Å². The molecule has 1 saturated heterocycles. The van der Waals surface area contributed by atoms with Crippen molar-refractivity contribution in [2.75, 3.05) is 25.1 Å². The van der Waals surface area contributed by atoms with Crippen molar-refractivity contribution < 1.29 is 14.3 Å². The molecule has 2 N–H and O–H groups in total. The second-order valence-electron chi connectivity index (χ2n) is 5.14. The number of thioether (sulfide) groups is 1. The number of hydrogen-bond donors (Lipinski definition) is 2. The Kier molecular flexibility index (Phi) is 5.94. The first-order valence-electron chi connectivity index (χ1n) is 6.91. The molecule has 0 unspecified atom stereocenters. The molecular formula is C14H22N2O3S. The highest BCUT2D eigenvalue weighted by Gasteiger charge is 2.25. The minimum Gasteiger partial charge on any atom is -0.480 e. The van der Waals surface area contributed by atoms with Crippen molar-refractivity contribution in [3.8, 4) is 0 Å². The number of carbonyl (C=O) groups is 1. The molecule has 2 heterocycles. The first kappa shape index (κ1) is 15.4. The number of nitrogens with zero attached hydrogens (tertiary/aromatic N) is 1. The molecule has 1 aliphatic heterocycles. The van der Waals surface area contributed by atoms with Crippen molar-refractivity contribution in [2.24, 2.45) is 0 Å². The van der Waals surface area contributed by atoms with E-state index in [1.165, 1.54) is 0 Å². The fraction of sp³-hybridized carbons (Fsp3) is 0.643. The maximum Gasteiger partial charge on any atom is 0.321 e. The van der Waals surface area contributed by atoms with Crippen LogP contribution in [0.4, 0.5) is 0 Å². The largest absolute Gasteiger partial charge is 0.480 e. The lowest BCUT2D eigenvalue weighted by Gasteiger charge is -2.33. The summed E-state index contributed by atoms with van der Waals surface area (Å²) in [6.45, 7) is 2.79. The van der Waals surface area contributed by atoms with E-state index in [1.54, 1.807) is 18.0 Å². The molecule has 1 aliphatic rings. The van der Waals surface area contributed by atoms with E-state index in [9.17, 15) is 4.79 Å². The summed E-state index contributed by atoms with van der Waals surface area (Å²) in [6.07, 6.45) is 5.60. The summed E-state index contributed by atoms with van der Waals surface area (Å²) in [5.41, 5.74) is 0. The second-order valence-corrected chi connectivity index (χ2v) is 6.05. The van der Waals surface area contributed by atoms with Gasteiger partial charge in [0.25, 0.3) is 0 Å². The van der Waals surface area contributed by atoms with Gasteiger partial charge in [-0.3, -0.25) is 9.69 Å². The summed E-state index contributed by atoms with van der Waals surface area (Å²) in [5.74, 6) is 0.849. The fourth-order valence-electron chi connectivity index (χ4n) is 2.52. The molecule has 0 radical (unpaired) electrons. The minimum absolute atomic E-state index is 0.302. The first-order valence-corrected chi connectivity index (χ1v) is 8.31. The lowest BCUT2D eigenvalue weighted by molar-refractivity contribution is -0.139. The molecule has 2 rings (SSSR count). The Morgan fingerprint density at radius 1 is 1.60 bits per heavy atom. The summed E-state index contributed by atoms with van der Waals surface area (Å²) in [6, 6.07) is 3.76. The SMILES string of the molecule is CSC[C@H](NC1CCN(Cc2ccco2)CC1)C(=O)O. The predicted octanol–water partition coefficient (Wildman–Crippen LogP) is 1.65. The molecule has 20 heavy (non-hydrogen) atoms. The zero-order valence-corrected chi connectivity index (χ0v) is 12.6. The fourth-order valence-corrected chi connectivity index (χ4v) is 3.09. The Morgan fingerprint density at radius 3 is 2.90 bits per heavy atom. The molecule has 0 bridgehead atoms. The first-order chi connectivity index (χ1) is 9.69. The molecule has 1 atom stereocenters. The van der Waals surface area contributed by atoms with Gasteiger partial charge in [-0.15, -0.1) is 0 Å². The van der Waals surface area contributed by atoms with Crippen LogP contribution in [-0.4, -0.2) is 53.2 Å². The third-order valence-electron chi connectivity index (χ3n) is 3.62. The van der Waals surface area contributed by atoms with Gasteiger partial charge in [-0.25, -0.2) is 0 Å². The van der Waals surface area contributed by atoms with Crippen LogP contribution in [-0.2, 0) is 11.3 Å². The molecule has 0 aromatic carbocycles. The minimum atomic E-state index is -0.752. The van der Waals surface area contributed by atoms with Gasteiger partial charge in [0, 0.05) is 24.9 Å². The number of furan rings is 1. The summed E-state index contributed by atoms with van der Waals surface area (Å²) in [5, 5.41) is 12.4. The Bertz CT molecular complexity index is 403. The molecule has 0 amide bonds. The molecule has 1 fully saturated rings. The lowest BCUT2D eigenvalue weighted by atomic mass is 10.0. The highest BCUT2D eigenvalue weighted by molar-refractivity contribution is 7.98. The van der Waals surface area contributed by atoms with Crippen LogP contribution >= 0.6 is 11.8 Å². The Morgan fingerprint density at radius 2 is 2.35 bits per heavy atom. The molecule has 0 aliphatic carbocycles. The number of likely N-dealkylation sites (tertiary alicyclic amines) is 1. The maximum absolute atomic E-state index is 11.1. The van der Waals surface area contributed by atoms with Gasteiger partial charge in [0.05, 0.1) is 12.8 Å². The number of carboxylic acid groups (broad SMARTS) is 1. The summed E-state index contributed by atoms with van der Waals surface area (Å²) < 4.78 is 5.35.